The quantitative estimate of drug-likeness (QED) is 0.850. The average Bonchev–Trinajstić information content (AvgIpc) is 3.17. The summed E-state index contributed by atoms with van der Waals surface area (Å²) < 4.78 is 5.36. The topological polar surface area (TPSA) is 83.3 Å². The highest BCUT2D eigenvalue weighted by Gasteiger charge is 2.36. The number of carbonyl (C=O) groups excluding carboxylic acids is 1. The van der Waals surface area contributed by atoms with Gasteiger partial charge in [-0.2, -0.15) is 4.98 Å². The maximum Gasteiger partial charge on any atom is 0.292 e. The first-order chi connectivity index (χ1) is 10.3. The number of piperidine rings is 1. The molecule has 1 aromatic rings. The van der Waals surface area contributed by atoms with Crippen molar-refractivity contribution in [3.63, 3.8) is 0 Å². The minimum atomic E-state index is -0.265. The second-order valence-electron chi connectivity index (χ2n) is 5.69. The van der Waals surface area contributed by atoms with E-state index in [2.05, 4.69) is 25.7 Å². The monoisotopic (exact) mass is 293 g/mol. The summed E-state index contributed by atoms with van der Waals surface area (Å²) >= 11 is 0. The van der Waals surface area contributed by atoms with Crippen LogP contribution in [0.1, 0.15) is 55.2 Å². The molecule has 1 amide bonds. The molecule has 7 nitrogen and oxygen atoms in total. The number of likely N-dealkylation sites (tertiary alicyclic amines) is 1. The number of rotatable bonds is 4. The molecule has 2 aliphatic heterocycles. The fraction of sp³-hybridized carbons (Fsp3) is 0.786. The van der Waals surface area contributed by atoms with Crippen LogP contribution in [-0.4, -0.2) is 53.2 Å². The largest absolute Gasteiger partial charge is 0.349 e. The van der Waals surface area contributed by atoms with Crippen LogP contribution in [0.3, 0.4) is 0 Å². The molecule has 2 fully saturated rings. The molecular formula is C14H23N5O2. The van der Waals surface area contributed by atoms with E-state index in [0.717, 1.165) is 45.3 Å². The first-order valence-corrected chi connectivity index (χ1v) is 7.88. The molecule has 0 spiro atoms. The summed E-state index contributed by atoms with van der Waals surface area (Å²) in [6, 6.07) is 0.752. The molecule has 2 saturated heterocycles. The SMILES string of the molecule is CCNC(=O)c1noc(C2CCCN2C2CCNCC2)n1. The molecule has 0 aliphatic carbocycles. The van der Waals surface area contributed by atoms with Gasteiger partial charge >= 0.3 is 0 Å². The van der Waals surface area contributed by atoms with Crippen molar-refractivity contribution in [3.8, 4) is 0 Å². The number of amides is 1. The van der Waals surface area contributed by atoms with Gasteiger partial charge in [-0.15, -0.1) is 0 Å². The number of hydrogen-bond acceptors (Lipinski definition) is 6. The number of aromatic nitrogens is 2. The number of nitrogens with one attached hydrogen (secondary N) is 2. The standard InChI is InChI=1S/C14H23N5O2/c1-2-16-13(20)12-17-14(21-18-12)11-4-3-9-19(11)10-5-7-15-8-6-10/h10-11,15H,2-9H2,1H3,(H,16,20). The molecular weight excluding hydrogens is 270 g/mol. The Bertz CT molecular complexity index is 483. The molecule has 0 bridgehead atoms. The van der Waals surface area contributed by atoms with Crippen LogP contribution in [-0.2, 0) is 0 Å². The minimum absolute atomic E-state index is 0.143. The van der Waals surface area contributed by atoms with Crippen molar-refractivity contribution in [3.05, 3.63) is 11.7 Å². The minimum Gasteiger partial charge on any atom is -0.349 e. The van der Waals surface area contributed by atoms with E-state index in [1.807, 2.05) is 6.92 Å². The Morgan fingerprint density at radius 1 is 1.43 bits per heavy atom. The van der Waals surface area contributed by atoms with Crippen molar-refractivity contribution in [2.24, 2.45) is 0 Å². The fourth-order valence-electron chi connectivity index (χ4n) is 3.33. The summed E-state index contributed by atoms with van der Waals surface area (Å²) in [5, 5.41) is 9.91. The summed E-state index contributed by atoms with van der Waals surface area (Å²) in [5.74, 6) is 0.468. The molecule has 3 heterocycles. The molecule has 2 aliphatic rings. The number of carbonyl (C=O) groups is 1. The third kappa shape index (κ3) is 3.08. The Balaban J connectivity index is 1.71. The maximum atomic E-state index is 11.7. The highest BCUT2D eigenvalue weighted by molar-refractivity contribution is 5.90. The van der Waals surface area contributed by atoms with Crippen molar-refractivity contribution in [2.75, 3.05) is 26.2 Å². The van der Waals surface area contributed by atoms with Gasteiger partial charge in [-0.25, -0.2) is 0 Å². The zero-order valence-corrected chi connectivity index (χ0v) is 12.5. The summed E-state index contributed by atoms with van der Waals surface area (Å²) in [4.78, 5) is 18.5. The molecule has 0 radical (unpaired) electrons. The molecule has 1 atom stereocenters. The van der Waals surface area contributed by atoms with Crippen molar-refractivity contribution in [2.45, 2.75) is 44.7 Å². The van der Waals surface area contributed by atoms with Gasteiger partial charge in [-0.1, -0.05) is 5.16 Å². The van der Waals surface area contributed by atoms with Gasteiger partial charge in [0, 0.05) is 12.6 Å². The Kier molecular flexibility index (Phi) is 4.50. The fourth-order valence-corrected chi connectivity index (χ4v) is 3.33. The lowest BCUT2D eigenvalue weighted by atomic mass is 10.0. The summed E-state index contributed by atoms with van der Waals surface area (Å²) in [6.45, 7) is 5.65. The molecule has 0 aromatic carbocycles. The molecule has 1 unspecified atom stereocenters. The van der Waals surface area contributed by atoms with E-state index in [9.17, 15) is 4.79 Å². The second kappa shape index (κ2) is 6.53. The van der Waals surface area contributed by atoms with Gasteiger partial charge in [-0.05, 0) is 52.2 Å². The summed E-state index contributed by atoms with van der Waals surface area (Å²) in [6.07, 6.45) is 4.50. The van der Waals surface area contributed by atoms with Crippen LogP contribution >= 0.6 is 0 Å². The Morgan fingerprint density at radius 2 is 2.24 bits per heavy atom. The molecule has 21 heavy (non-hydrogen) atoms. The predicted molar refractivity (Wildman–Crippen MR) is 76.9 cm³/mol. The van der Waals surface area contributed by atoms with E-state index in [0.29, 0.717) is 18.5 Å². The van der Waals surface area contributed by atoms with Gasteiger partial charge in [0.2, 0.25) is 5.89 Å². The van der Waals surface area contributed by atoms with E-state index >= 15 is 0 Å². The van der Waals surface area contributed by atoms with Crippen molar-refractivity contribution >= 4 is 5.91 Å². The van der Waals surface area contributed by atoms with E-state index < -0.39 is 0 Å². The highest BCUT2D eigenvalue weighted by Crippen LogP contribution is 2.34. The number of hydrogen-bond donors (Lipinski definition) is 2. The van der Waals surface area contributed by atoms with Crippen molar-refractivity contribution in [1.82, 2.24) is 25.7 Å². The van der Waals surface area contributed by atoms with Crippen LogP contribution in [0.4, 0.5) is 0 Å². The Labute approximate surface area is 124 Å². The Hall–Kier alpha value is -1.47. The lowest BCUT2D eigenvalue weighted by molar-refractivity contribution is 0.0942. The highest BCUT2D eigenvalue weighted by atomic mass is 16.5. The molecule has 7 heteroatoms. The molecule has 0 saturated carbocycles. The van der Waals surface area contributed by atoms with Crippen LogP contribution in [0.15, 0.2) is 4.52 Å². The van der Waals surface area contributed by atoms with Gasteiger partial charge < -0.3 is 15.2 Å². The molecule has 116 valence electrons. The van der Waals surface area contributed by atoms with E-state index in [-0.39, 0.29) is 17.8 Å². The smallest absolute Gasteiger partial charge is 0.292 e. The van der Waals surface area contributed by atoms with E-state index in [1.165, 1.54) is 0 Å². The first-order valence-electron chi connectivity index (χ1n) is 7.88. The Morgan fingerprint density at radius 3 is 3.00 bits per heavy atom. The molecule has 2 N–H and O–H groups in total. The van der Waals surface area contributed by atoms with Crippen molar-refractivity contribution < 1.29 is 9.32 Å². The van der Waals surface area contributed by atoms with Crippen molar-refractivity contribution in [1.29, 1.82) is 0 Å². The lowest BCUT2D eigenvalue weighted by Crippen LogP contribution is -2.42. The predicted octanol–water partition coefficient (Wildman–Crippen LogP) is 0.708. The van der Waals surface area contributed by atoms with E-state index in [4.69, 9.17) is 4.52 Å². The molecule has 3 rings (SSSR count). The average molecular weight is 293 g/mol. The second-order valence-corrected chi connectivity index (χ2v) is 5.69. The molecule has 1 aromatic heterocycles. The van der Waals surface area contributed by atoms with Crippen LogP contribution in [0, 0.1) is 0 Å². The zero-order chi connectivity index (χ0) is 14.7. The third-order valence-corrected chi connectivity index (χ3v) is 4.34. The van der Waals surface area contributed by atoms with Gasteiger partial charge in [0.1, 0.15) is 0 Å². The lowest BCUT2D eigenvalue weighted by Gasteiger charge is -2.34. The van der Waals surface area contributed by atoms with Crippen LogP contribution < -0.4 is 10.6 Å². The normalized spacial score (nSPS) is 24.3. The van der Waals surface area contributed by atoms with Gasteiger partial charge in [-0.3, -0.25) is 9.69 Å². The van der Waals surface area contributed by atoms with Gasteiger partial charge in [0.15, 0.2) is 0 Å². The number of nitrogens with zero attached hydrogens (tertiary/aromatic N) is 3. The summed E-state index contributed by atoms with van der Waals surface area (Å²) in [7, 11) is 0. The third-order valence-electron chi connectivity index (χ3n) is 4.34. The maximum absolute atomic E-state index is 11.7. The van der Waals surface area contributed by atoms with Crippen LogP contribution in [0.2, 0.25) is 0 Å². The van der Waals surface area contributed by atoms with Gasteiger partial charge in [0.25, 0.3) is 11.7 Å². The van der Waals surface area contributed by atoms with E-state index in [1.54, 1.807) is 0 Å². The first kappa shape index (κ1) is 14.5. The van der Waals surface area contributed by atoms with Gasteiger partial charge in [0.05, 0.1) is 6.04 Å². The zero-order valence-electron chi connectivity index (χ0n) is 12.5. The van der Waals surface area contributed by atoms with Crippen LogP contribution in [0.25, 0.3) is 0 Å². The summed E-state index contributed by atoms with van der Waals surface area (Å²) in [5.41, 5.74) is 0. The van der Waals surface area contributed by atoms with Crippen LogP contribution in [0.5, 0.6) is 0 Å².